The fraction of sp³-hybridized carbons (Fsp3) is 0.0588. The summed E-state index contributed by atoms with van der Waals surface area (Å²) in [6.45, 7) is 0. The quantitative estimate of drug-likeness (QED) is 0.730. The third kappa shape index (κ3) is 3.00. The van der Waals surface area contributed by atoms with Gasteiger partial charge in [0, 0.05) is 22.9 Å². The Morgan fingerprint density at radius 3 is 2.25 bits per heavy atom. The van der Waals surface area contributed by atoms with Crippen LogP contribution in [0.5, 0.6) is 0 Å². The van der Waals surface area contributed by atoms with Crippen LogP contribution in [0.25, 0.3) is 10.6 Å². The second-order valence-electron chi connectivity index (χ2n) is 4.50. The lowest BCUT2D eigenvalue weighted by molar-refractivity contribution is 1.19. The SMILES string of the molecule is O=c1cc(Cc2ccccc2)sc(-c2ccccc2)n1. The number of hydrogen-bond acceptors (Lipinski definition) is 3. The molecule has 0 radical (unpaired) electrons. The van der Waals surface area contributed by atoms with Gasteiger partial charge in [0.2, 0.25) is 0 Å². The Labute approximate surface area is 121 Å². The summed E-state index contributed by atoms with van der Waals surface area (Å²) in [6, 6.07) is 21.6. The molecule has 2 nitrogen and oxygen atoms in total. The van der Waals surface area contributed by atoms with Crippen LogP contribution in [0.15, 0.2) is 71.5 Å². The van der Waals surface area contributed by atoms with E-state index in [1.54, 1.807) is 17.4 Å². The highest BCUT2D eigenvalue weighted by molar-refractivity contribution is 7.14. The molecule has 0 aliphatic heterocycles. The molecule has 0 atom stereocenters. The van der Waals surface area contributed by atoms with Crippen LogP contribution in [0, 0.1) is 0 Å². The van der Waals surface area contributed by atoms with E-state index in [0.717, 1.165) is 21.9 Å². The summed E-state index contributed by atoms with van der Waals surface area (Å²) in [4.78, 5) is 16.9. The van der Waals surface area contributed by atoms with E-state index < -0.39 is 0 Å². The number of nitrogens with zero attached hydrogens (tertiary/aromatic N) is 1. The Morgan fingerprint density at radius 1 is 0.900 bits per heavy atom. The summed E-state index contributed by atoms with van der Waals surface area (Å²) in [7, 11) is 0. The van der Waals surface area contributed by atoms with Gasteiger partial charge in [-0.2, -0.15) is 4.98 Å². The zero-order valence-electron chi connectivity index (χ0n) is 10.8. The maximum Gasteiger partial charge on any atom is 0.272 e. The molecule has 2 aromatic carbocycles. The minimum absolute atomic E-state index is 0.173. The Morgan fingerprint density at radius 2 is 1.55 bits per heavy atom. The lowest BCUT2D eigenvalue weighted by atomic mass is 10.1. The molecule has 0 saturated carbocycles. The average Bonchev–Trinajstić information content (AvgIpc) is 2.49. The van der Waals surface area contributed by atoms with E-state index in [0.29, 0.717) is 0 Å². The fourth-order valence-corrected chi connectivity index (χ4v) is 3.07. The first-order valence-corrected chi connectivity index (χ1v) is 7.23. The second-order valence-corrected chi connectivity index (χ2v) is 5.61. The van der Waals surface area contributed by atoms with Gasteiger partial charge in [-0.15, -0.1) is 11.3 Å². The smallest absolute Gasteiger partial charge is 0.267 e. The highest BCUT2D eigenvalue weighted by atomic mass is 32.1. The van der Waals surface area contributed by atoms with Crippen LogP contribution in [0.3, 0.4) is 0 Å². The van der Waals surface area contributed by atoms with E-state index in [4.69, 9.17) is 0 Å². The molecule has 1 aromatic heterocycles. The Bertz CT molecular complexity index is 751. The Balaban J connectivity index is 1.97. The molecule has 0 bridgehead atoms. The molecule has 3 heteroatoms. The fourth-order valence-electron chi connectivity index (χ4n) is 2.03. The molecule has 0 saturated heterocycles. The average molecular weight is 279 g/mol. The van der Waals surface area contributed by atoms with Crippen LogP contribution in [0.1, 0.15) is 10.4 Å². The normalized spacial score (nSPS) is 10.4. The molecule has 1 heterocycles. The highest BCUT2D eigenvalue weighted by Gasteiger charge is 2.05. The second kappa shape index (κ2) is 5.80. The van der Waals surface area contributed by atoms with Crippen LogP contribution >= 0.6 is 11.3 Å². The van der Waals surface area contributed by atoms with Crippen molar-refractivity contribution in [3.63, 3.8) is 0 Å². The van der Waals surface area contributed by atoms with Crippen molar-refractivity contribution in [2.45, 2.75) is 6.42 Å². The van der Waals surface area contributed by atoms with Crippen molar-refractivity contribution in [1.29, 1.82) is 0 Å². The predicted molar refractivity (Wildman–Crippen MR) is 83.1 cm³/mol. The lowest BCUT2D eigenvalue weighted by Gasteiger charge is -2.03. The van der Waals surface area contributed by atoms with Crippen LogP contribution in [0.2, 0.25) is 0 Å². The van der Waals surface area contributed by atoms with Crippen molar-refractivity contribution >= 4 is 11.3 Å². The lowest BCUT2D eigenvalue weighted by Crippen LogP contribution is -2.05. The largest absolute Gasteiger partial charge is 0.272 e. The topological polar surface area (TPSA) is 30.0 Å². The number of benzene rings is 2. The first-order chi connectivity index (χ1) is 9.81. The van der Waals surface area contributed by atoms with Gasteiger partial charge in [-0.05, 0) is 5.56 Å². The van der Waals surface area contributed by atoms with Crippen LogP contribution in [-0.2, 0) is 6.42 Å². The number of hydrogen-bond donors (Lipinski definition) is 0. The third-order valence-corrected chi connectivity index (χ3v) is 4.01. The predicted octanol–water partition coefficient (Wildman–Crippen LogP) is 3.76. The molecule has 0 amide bonds. The van der Waals surface area contributed by atoms with Crippen molar-refractivity contribution in [3.05, 3.63) is 87.5 Å². The Kier molecular flexibility index (Phi) is 3.70. The first kappa shape index (κ1) is 12.8. The van der Waals surface area contributed by atoms with E-state index >= 15 is 0 Å². The maximum absolute atomic E-state index is 11.8. The minimum Gasteiger partial charge on any atom is -0.267 e. The molecule has 98 valence electrons. The summed E-state index contributed by atoms with van der Waals surface area (Å²) in [5.41, 5.74) is 2.02. The molecule has 0 spiro atoms. The van der Waals surface area contributed by atoms with Crippen molar-refractivity contribution in [2.75, 3.05) is 0 Å². The van der Waals surface area contributed by atoms with Gasteiger partial charge >= 0.3 is 0 Å². The Hall–Kier alpha value is -2.26. The molecule has 0 N–H and O–H groups in total. The summed E-state index contributed by atoms with van der Waals surface area (Å²) in [5.74, 6) is 0. The van der Waals surface area contributed by atoms with Crippen molar-refractivity contribution in [3.8, 4) is 10.6 Å². The van der Waals surface area contributed by atoms with Gasteiger partial charge in [0.15, 0.2) is 0 Å². The van der Waals surface area contributed by atoms with E-state index in [9.17, 15) is 4.79 Å². The number of rotatable bonds is 3. The van der Waals surface area contributed by atoms with Crippen molar-refractivity contribution < 1.29 is 0 Å². The third-order valence-electron chi connectivity index (χ3n) is 2.97. The molecule has 20 heavy (non-hydrogen) atoms. The maximum atomic E-state index is 11.8. The van der Waals surface area contributed by atoms with Crippen LogP contribution in [0.4, 0.5) is 0 Å². The van der Waals surface area contributed by atoms with Gasteiger partial charge in [-0.1, -0.05) is 60.7 Å². The zero-order valence-corrected chi connectivity index (χ0v) is 11.6. The van der Waals surface area contributed by atoms with E-state index in [1.165, 1.54) is 5.56 Å². The molecular formula is C17H13NOS. The first-order valence-electron chi connectivity index (χ1n) is 6.42. The van der Waals surface area contributed by atoms with Crippen LogP contribution in [-0.4, -0.2) is 4.98 Å². The standard InChI is InChI=1S/C17H13NOS/c19-16-12-15(11-13-7-3-1-4-8-13)20-17(18-16)14-9-5-2-6-10-14/h1-10,12H,11H2. The molecule has 0 aliphatic carbocycles. The summed E-state index contributed by atoms with van der Waals surface area (Å²) in [5, 5.41) is 0.782. The molecule has 0 aliphatic rings. The zero-order chi connectivity index (χ0) is 13.8. The van der Waals surface area contributed by atoms with Gasteiger partial charge in [0.05, 0.1) is 0 Å². The van der Waals surface area contributed by atoms with E-state index in [2.05, 4.69) is 17.1 Å². The van der Waals surface area contributed by atoms with Gasteiger partial charge in [-0.3, -0.25) is 4.79 Å². The van der Waals surface area contributed by atoms with Crippen molar-refractivity contribution in [2.24, 2.45) is 0 Å². The van der Waals surface area contributed by atoms with E-state index in [1.807, 2.05) is 48.5 Å². The minimum atomic E-state index is -0.173. The van der Waals surface area contributed by atoms with Crippen molar-refractivity contribution in [1.82, 2.24) is 4.98 Å². The highest BCUT2D eigenvalue weighted by Crippen LogP contribution is 2.23. The summed E-state index contributed by atoms with van der Waals surface area (Å²) in [6.07, 6.45) is 0.767. The molecule has 3 rings (SSSR count). The molecule has 0 fully saturated rings. The van der Waals surface area contributed by atoms with Crippen LogP contribution < -0.4 is 5.56 Å². The molecule has 0 unspecified atom stereocenters. The van der Waals surface area contributed by atoms with Gasteiger partial charge < -0.3 is 0 Å². The molecule has 3 aromatic rings. The van der Waals surface area contributed by atoms with Gasteiger partial charge in [-0.25, -0.2) is 0 Å². The van der Waals surface area contributed by atoms with E-state index in [-0.39, 0.29) is 5.56 Å². The summed E-state index contributed by atoms with van der Waals surface area (Å²) >= 11 is 1.57. The van der Waals surface area contributed by atoms with Gasteiger partial charge in [0.1, 0.15) is 5.01 Å². The number of aromatic nitrogens is 1. The molecular weight excluding hydrogens is 266 g/mol. The summed E-state index contributed by atoms with van der Waals surface area (Å²) < 4.78 is 0. The monoisotopic (exact) mass is 279 g/mol. The van der Waals surface area contributed by atoms with Gasteiger partial charge in [0.25, 0.3) is 5.56 Å².